The van der Waals surface area contributed by atoms with Gasteiger partial charge in [0.25, 0.3) is 0 Å². The van der Waals surface area contributed by atoms with Crippen molar-refractivity contribution in [2.45, 2.75) is 13.8 Å². The number of hydrogen-bond donors (Lipinski definition) is 0. The lowest BCUT2D eigenvalue weighted by molar-refractivity contribution is -0.152. The molecule has 118 valence electrons. The minimum atomic E-state index is -0.132. The number of nitrogens with zero attached hydrogens (tertiary/aromatic N) is 3. The predicted octanol–water partition coefficient (Wildman–Crippen LogP) is 2.58. The van der Waals surface area contributed by atoms with E-state index in [-0.39, 0.29) is 11.9 Å². The number of benzene rings is 1. The van der Waals surface area contributed by atoms with Gasteiger partial charge in [-0.05, 0) is 23.7 Å². The summed E-state index contributed by atoms with van der Waals surface area (Å²) in [5.41, 5.74) is 0. The summed E-state index contributed by atoms with van der Waals surface area (Å²) in [6.45, 7) is 7.69. The van der Waals surface area contributed by atoms with E-state index < -0.39 is 0 Å². The van der Waals surface area contributed by atoms with Gasteiger partial charge in [0.15, 0.2) is 0 Å². The Kier molecular flexibility index (Phi) is 4.59. The van der Waals surface area contributed by atoms with E-state index in [1.54, 1.807) is 11.5 Å². The Bertz CT molecular complexity index is 648. The minimum absolute atomic E-state index is 0.0670. The van der Waals surface area contributed by atoms with Gasteiger partial charge in [0, 0.05) is 31.6 Å². The summed E-state index contributed by atoms with van der Waals surface area (Å²) in [5, 5.41) is 1.23. The maximum atomic E-state index is 11.5. The first-order valence-corrected chi connectivity index (χ1v) is 8.41. The number of fused-ring (bicyclic) bond motifs is 1. The van der Waals surface area contributed by atoms with Crippen molar-refractivity contribution in [2.24, 2.45) is 5.92 Å². The predicted molar refractivity (Wildman–Crippen MR) is 89.2 cm³/mol. The molecule has 22 heavy (non-hydrogen) atoms. The molecule has 0 amide bonds. The van der Waals surface area contributed by atoms with Crippen molar-refractivity contribution in [3.8, 4) is 0 Å². The van der Waals surface area contributed by atoms with Gasteiger partial charge in [-0.15, -0.1) is 0 Å². The van der Waals surface area contributed by atoms with Gasteiger partial charge in [-0.1, -0.05) is 26.0 Å². The van der Waals surface area contributed by atoms with Gasteiger partial charge in [-0.3, -0.25) is 9.69 Å². The fourth-order valence-electron chi connectivity index (χ4n) is 2.51. The summed E-state index contributed by atoms with van der Waals surface area (Å²) in [4.78, 5) is 16.0. The van der Waals surface area contributed by atoms with Gasteiger partial charge in [-0.25, -0.2) is 0 Å². The maximum Gasteiger partial charge on any atom is 0.309 e. The van der Waals surface area contributed by atoms with Crippen LogP contribution in [0.25, 0.3) is 10.1 Å². The Morgan fingerprint density at radius 3 is 2.73 bits per heavy atom. The van der Waals surface area contributed by atoms with Crippen molar-refractivity contribution in [3.63, 3.8) is 0 Å². The lowest BCUT2D eigenvalue weighted by Gasteiger charge is -2.34. The van der Waals surface area contributed by atoms with Crippen LogP contribution in [0.5, 0.6) is 0 Å². The Morgan fingerprint density at radius 2 is 2.00 bits per heavy atom. The average molecular weight is 319 g/mol. The van der Waals surface area contributed by atoms with Crippen LogP contribution in [0.15, 0.2) is 24.3 Å². The second kappa shape index (κ2) is 6.62. The summed E-state index contributed by atoms with van der Waals surface area (Å²) >= 11 is 1.55. The van der Waals surface area contributed by atoms with Crippen LogP contribution in [-0.4, -0.2) is 48.2 Å². The third kappa shape index (κ3) is 3.23. The van der Waals surface area contributed by atoms with Crippen LogP contribution in [0, 0.1) is 5.92 Å². The van der Waals surface area contributed by atoms with Gasteiger partial charge >= 0.3 is 5.97 Å². The molecule has 5 nitrogen and oxygen atoms in total. The molecular formula is C16H21N3O2S. The van der Waals surface area contributed by atoms with Gasteiger partial charge in [0.05, 0.1) is 10.6 Å². The van der Waals surface area contributed by atoms with Crippen LogP contribution in [0.2, 0.25) is 0 Å². The minimum Gasteiger partial charge on any atom is -0.449 e. The van der Waals surface area contributed by atoms with E-state index in [1.807, 2.05) is 19.9 Å². The van der Waals surface area contributed by atoms with E-state index in [1.165, 1.54) is 10.1 Å². The van der Waals surface area contributed by atoms with Crippen LogP contribution in [0.4, 0.5) is 5.82 Å². The van der Waals surface area contributed by atoms with E-state index in [2.05, 4.69) is 32.4 Å². The van der Waals surface area contributed by atoms with Gasteiger partial charge in [0.1, 0.15) is 12.5 Å². The number of piperazine rings is 1. The number of anilines is 1. The second-order valence-corrected chi connectivity index (χ2v) is 6.66. The number of hydrogen-bond acceptors (Lipinski definition) is 6. The fourth-order valence-corrected chi connectivity index (χ4v) is 3.31. The third-order valence-corrected chi connectivity index (χ3v) is 4.71. The quantitative estimate of drug-likeness (QED) is 0.811. The molecule has 1 aliphatic heterocycles. The first-order chi connectivity index (χ1) is 10.6. The molecule has 1 aromatic carbocycles. The molecule has 0 saturated carbocycles. The highest BCUT2D eigenvalue weighted by atomic mass is 32.1. The molecule has 0 N–H and O–H groups in total. The Balaban J connectivity index is 1.57. The normalized spacial score (nSPS) is 16.4. The Morgan fingerprint density at radius 1 is 1.27 bits per heavy atom. The van der Waals surface area contributed by atoms with E-state index in [0.717, 1.165) is 32.0 Å². The van der Waals surface area contributed by atoms with Gasteiger partial charge < -0.3 is 9.64 Å². The molecule has 0 aliphatic carbocycles. The van der Waals surface area contributed by atoms with Crippen LogP contribution >= 0.6 is 11.5 Å². The van der Waals surface area contributed by atoms with Gasteiger partial charge in [0.2, 0.25) is 0 Å². The summed E-state index contributed by atoms with van der Waals surface area (Å²) in [5.74, 6) is 0.884. The van der Waals surface area contributed by atoms with Crippen molar-refractivity contribution in [3.05, 3.63) is 24.3 Å². The molecule has 1 fully saturated rings. The number of rotatable bonds is 4. The number of ether oxygens (including phenoxy) is 1. The van der Waals surface area contributed by atoms with E-state index in [0.29, 0.717) is 6.73 Å². The van der Waals surface area contributed by atoms with Crippen LogP contribution in [-0.2, 0) is 9.53 Å². The summed E-state index contributed by atoms with van der Waals surface area (Å²) in [6, 6.07) is 8.34. The zero-order valence-electron chi connectivity index (χ0n) is 13.0. The molecular weight excluding hydrogens is 298 g/mol. The van der Waals surface area contributed by atoms with Crippen molar-refractivity contribution in [1.82, 2.24) is 9.27 Å². The van der Waals surface area contributed by atoms with Crippen molar-refractivity contribution >= 4 is 33.4 Å². The zero-order valence-corrected chi connectivity index (χ0v) is 13.8. The largest absolute Gasteiger partial charge is 0.449 e. The lowest BCUT2D eigenvalue weighted by Crippen LogP contribution is -2.47. The molecule has 1 aromatic heterocycles. The SMILES string of the molecule is CC(C)C(=O)OCN1CCN(c2nsc3ccccc23)CC1. The molecule has 0 radical (unpaired) electrons. The number of carbonyl (C=O) groups excluding carboxylic acids is 1. The molecule has 2 aromatic rings. The van der Waals surface area contributed by atoms with Crippen molar-refractivity contribution in [2.75, 3.05) is 37.8 Å². The molecule has 1 aliphatic rings. The smallest absolute Gasteiger partial charge is 0.309 e. The molecule has 6 heteroatoms. The van der Waals surface area contributed by atoms with Gasteiger partial charge in [-0.2, -0.15) is 4.37 Å². The molecule has 0 atom stereocenters. The number of carbonyl (C=O) groups is 1. The first-order valence-electron chi connectivity index (χ1n) is 7.63. The van der Waals surface area contributed by atoms with Crippen LogP contribution in [0.1, 0.15) is 13.8 Å². The monoisotopic (exact) mass is 319 g/mol. The van der Waals surface area contributed by atoms with E-state index >= 15 is 0 Å². The second-order valence-electron chi connectivity index (χ2n) is 5.85. The molecule has 1 saturated heterocycles. The number of aromatic nitrogens is 1. The van der Waals surface area contributed by atoms with Crippen LogP contribution in [0.3, 0.4) is 0 Å². The highest BCUT2D eigenvalue weighted by molar-refractivity contribution is 7.13. The van der Waals surface area contributed by atoms with Crippen molar-refractivity contribution < 1.29 is 9.53 Å². The Hall–Kier alpha value is -1.66. The fraction of sp³-hybridized carbons (Fsp3) is 0.500. The highest BCUT2D eigenvalue weighted by Crippen LogP contribution is 2.29. The van der Waals surface area contributed by atoms with E-state index in [4.69, 9.17) is 4.74 Å². The first kappa shape index (κ1) is 15.2. The topological polar surface area (TPSA) is 45.7 Å². The Labute approximate surface area is 134 Å². The highest BCUT2D eigenvalue weighted by Gasteiger charge is 2.21. The molecule has 2 heterocycles. The third-order valence-electron chi connectivity index (χ3n) is 3.89. The lowest BCUT2D eigenvalue weighted by atomic mass is 10.2. The standard InChI is InChI=1S/C16H21N3O2S/c1-12(2)16(20)21-11-18-7-9-19(10-8-18)15-13-5-3-4-6-14(13)22-17-15/h3-6,12H,7-11H2,1-2H3. The van der Waals surface area contributed by atoms with E-state index in [9.17, 15) is 4.79 Å². The zero-order chi connectivity index (χ0) is 15.5. The summed E-state index contributed by atoms with van der Waals surface area (Å²) < 4.78 is 11.1. The maximum absolute atomic E-state index is 11.5. The summed E-state index contributed by atoms with van der Waals surface area (Å²) in [6.07, 6.45) is 0. The molecule has 0 bridgehead atoms. The van der Waals surface area contributed by atoms with Crippen LogP contribution < -0.4 is 4.90 Å². The molecule has 0 unspecified atom stereocenters. The molecule has 0 spiro atoms. The average Bonchev–Trinajstić information content (AvgIpc) is 2.97. The number of esters is 1. The molecule has 3 rings (SSSR count). The van der Waals surface area contributed by atoms with Crippen molar-refractivity contribution in [1.29, 1.82) is 0 Å². The summed E-state index contributed by atoms with van der Waals surface area (Å²) in [7, 11) is 0.